The van der Waals surface area contributed by atoms with Gasteiger partial charge in [-0.3, -0.25) is 4.79 Å². The molecule has 2 aromatic heterocycles. The van der Waals surface area contributed by atoms with Gasteiger partial charge in [0, 0.05) is 18.0 Å². The summed E-state index contributed by atoms with van der Waals surface area (Å²) in [6.45, 7) is 9.64. The number of thioether (sulfide) groups is 1. The van der Waals surface area contributed by atoms with Crippen LogP contribution in [0.3, 0.4) is 0 Å². The van der Waals surface area contributed by atoms with E-state index < -0.39 is 0 Å². The number of amides is 1. The lowest BCUT2D eigenvalue weighted by molar-refractivity contribution is -0.127. The summed E-state index contributed by atoms with van der Waals surface area (Å²) in [5.41, 5.74) is 0.975. The molecule has 8 heteroatoms. The van der Waals surface area contributed by atoms with Crippen molar-refractivity contribution < 1.29 is 4.79 Å². The van der Waals surface area contributed by atoms with E-state index in [1.165, 1.54) is 16.6 Å². The highest BCUT2D eigenvalue weighted by Gasteiger charge is 2.15. The number of thiophene rings is 1. The molecular formula is C14H19N5OS2. The van der Waals surface area contributed by atoms with Crippen LogP contribution in [0.1, 0.15) is 18.7 Å². The summed E-state index contributed by atoms with van der Waals surface area (Å²) in [6, 6.07) is 4.04. The second-order valence-corrected chi connectivity index (χ2v) is 6.83. The molecule has 118 valence electrons. The first kappa shape index (κ1) is 16.7. The highest BCUT2D eigenvalue weighted by Crippen LogP contribution is 2.17. The monoisotopic (exact) mass is 337 g/mol. The number of carbonyl (C=O) groups is 1. The molecule has 0 saturated carbocycles. The normalized spacial score (nSPS) is 10.6. The van der Waals surface area contributed by atoms with Gasteiger partial charge < -0.3 is 4.90 Å². The zero-order valence-corrected chi connectivity index (χ0v) is 14.4. The average molecular weight is 337 g/mol. The van der Waals surface area contributed by atoms with Crippen molar-refractivity contribution >= 4 is 29.0 Å². The molecule has 2 aromatic rings. The molecule has 6 nitrogen and oxygen atoms in total. The largest absolute Gasteiger partial charge is 0.338 e. The molecule has 0 aliphatic rings. The Hall–Kier alpha value is -1.67. The number of rotatable bonds is 8. The number of hydrogen-bond acceptors (Lipinski definition) is 6. The lowest BCUT2D eigenvalue weighted by atomic mass is 10.3. The molecule has 0 spiro atoms. The van der Waals surface area contributed by atoms with Crippen LogP contribution in [0.4, 0.5) is 0 Å². The van der Waals surface area contributed by atoms with Gasteiger partial charge >= 0.3 is 0 Å². The number of hydrogen-bond donors (Lipinski definition) is 0. The van der Waals surface area contributed by atoms with Gasteiger partial charge in [0.2, 0.25) is 11.1 Å². The quantitative estimate of drug-likeness (QED) is 0.546. The molecular weight excluding hydrogens is 318 g/mol. The molecule has 0 unspecified atom stereocenters. The van der Waals surface area contributed by atoms with E-state index >= 15 is 0 Å². The van der Waals surface area contributed by atoms with Crippen LogP contribution in [0, 0.1) is 0 Å². The predicted molar refractivity (Wildman–Crippen MR) is 89.0 cm³/mol. The van der Waals surface area contributed by atoms with E-state index in [0.717, 1.165) is 5.57 Å². The fourth-order valence-corrected chi connectivity index (χ4v) is 3.33. The molecule has 0 atom stereocenters. The molecule has 0 aromatic carbocycles. The van der Waals surface area contributed by atoms with Gasteiger partial charge in [0.05, 0.1) is 12.3 Å². The number of tetrazole rings is 1. The van der Waals surface area contributed by atoms with E-state index in [2.05, 4.69) is 22.1 Å². The second kappa shape index (κ2) is 8.09. The second-order valence-electron chi connectivity index (χ2n) is 4.85. The number of nitrogens with zero attached hydrogens (tertiary/aromatic N) is 5. The van der Waals surface area contributed by atoms with Crippen LogP contribution in [0.5, 0.6) is 0 Å². The van der Waals surface area contributed by atoms with Crippen LogP contribution in [0.25, 0.3) is 0 Å². The molecule has 0 fully saturated rings. The minimum absolute atomic E-state index is 0.0705. The van der Waals surface area contributed by atoms with Crippen LogP contribution in [-0.4, -0.2) is 49.9 Å². The zero-order valence-electron chi connectivity index (χ0n) is 12.7. The van der Waals surface area contributed by atoms with Crippen molar-refractivity contribution in [1.82, 2.24) is 25.1 Å². The summed E-state index contributed by atoms with van der Waals surface area (Å²) in [4.78, 5) is 15.2. The standard InChI is InChI=1S/C14H19N5OS2/c1-4-18(8-11(2)3)13(20)10-22-14-15-16-17-19(14)9-12-6-5-7-21-12/h5-7H,2,4,8-10H2,1,3H3. The predicted octanol–water partition coefficient (Wildman–Crippen LogP) is 2.30. The van der Waals surface area contributed by atoms with E-state index in [-0.39, 0.29) is 5.91 Å². The number of carbonyl (C=O) groups excluding carboxylic acids is 1. The van der Waals surface area contributed by atoms with Crippen molar-refractivity contribution in [2.24, 2.45) is 0 Å². The molecule has 0 aliphatic carbocycles. The average Bonchev–Trinajstić information content (AvgIpc) is 3.14. The van der Waals surface area contributed by atoms with Crippen molar-refractivity contribution in [2.75, 3.05) is 18.8 Å². The summed E-state index contributed by atoms with van der Waals surface area (Å²) < 4.78 is 1.72. The van der Waals surface area contributed by atoms with E-state index in [9.17, 15) is 4.79 Å². The fourth-order valence-electron chi connectivity index (χ4n) is 1.87. The Balaban J connectivity index is 1.93. The van der Waals surface area contributed by atoms with Crippen molar-refractivity contribution in [1.29, 1.82) is 0 Å². The molecule has 22 heavy (non-hydrogen) atoms. The first-order valence-corrected chi connectivity index (χ1v) is 8.80. The Bertz CT molecular complexity index is 623. The summed E-state index contributed by atoms with van der Waals surface area (Å²) in [6.07, 6.45) is 0. The maximum atomic E-state index is 12.2. The fraction of sp³-hybridized carbons (Fsp3) is 0.429. The maximum absolute atomic E-state index is 12.2. The maximum Gasteiger partial charge on any atom is 0.233 e. The van der Waals surface area contributed by atoms with Crippen LogP contribution < -0.4 is 0 Å². The van der Waals surface area contributed by atoms with Crippen LogP contribution in [0.15, 0.2) is 34.8 Å². The third-order valence-electron chi connectivity index (χ3n) is 2.90. The van der Waals surface area contributed by atoms with Gasteiger partial charge in [-0.2, -0.15) is 0 Å². The van der Waals surface area contributed by atoms with Gasteiger partial charge in [-0.25, -0.2) is 4.68 Å². The van der Waals surface area contributed by atoms with Gasteiger partial charge in [0.1, 0.15) is 0 Å². The Morgan fingerprint density at radius 1 is 1.55 bits per heavy atom. The Kier molecular flexibility index (Phi) is 6.14. The van der Waals surface area contributed by atoms with Gasteiger partial charge in [0.25, 0.3) is 0 Å². The van der Waals surface area contributed by atoms with Gasteiger partial charge in [-0.15, -0.1) is 16.4 Å². The Labute approximate surface area is 138 Å². The molecule has 0 aliphatic heterocycles. The zero-order chi connectivity index (χ0) is 15.9. The minimum Gasteiger partial charge on any atom is -0.338 e. The van der Waals surface area contributed by atoms with Crippen LogP contribution >= 0.6 is 23.1 Å². The Morgan fingerprint density at radius 3 is 3.00 bits per heavy atom. The molecule has 1 amide bonds. The summed E-state index contributed by atoms with van der Waals surface area (Å²) in [7, 11) is 0. The van der Waals surface area contributed by atoms with Crippen molar-refractivity contribution in [3.63, 3.8) is 0 Å². The third kappa shape index (κ3) is 4.67. The lowest BCUT2D eigenvalue weighted by Gasteiger charge is -2.20. The summed E-state index contributed by atoms with van der Waals surface area (Å²) >= 11 is 3.02. The van der Waals surface area contributed by atoms with E-state index in [1.54, 1.807) is 20.9 Å². The first-order valence-electron chi connectivity index (χ1n) is 6.93. The van der Waals surface area contributed by atoms with Crippen molar-refractivity contribution in [2.45, 2.75) is 25.5 Å². The van der Waals surface area contributed by atoms with Crippen LogP contribution in [-0.2, 0) is 11.3 Å². The highest BCUT2D eigenvalue weighted by molar-refractivity contribution is 7.99. The van der Waals surface area contributed by atoms with Crippen LogP contribution in [0.2, 0.25) is 0 Å². The topological polar surface area (TPSA) is 63.9 Å². The highest BCUT2D eigenvalue weighted by atomic mass is 32.2. The smallest absolute Gasteiger partial charge is 0.233 e. The molecule has 2 heterocycles. The van der Waals surface area contributed by atoms with Gasteiger partial charge in [-0.05, 0) is 35.7 Å². The lowest BCUT2D eigenvalue weighted by Crippen LogP contribution is -2.33. The number of likely N-dealkylation sites (N-methyl/N-ethyl adjacent to an activating group) is 1. The molecule has 0 saturated heterocycles. The molecule has 2 rings (SSSR count). The Morgan fingerprint density at radius 2 is 2.36 bits per heavy atom. The van der Waals surface area contributed by atoms with Crippen molar-refractivity contribution in [3.05, 3.63) is 34.5 Å². The molecule has 0 N–H and O–H groups in total. The molecule has 0 radical (unpaired) electrons. The van der Waals surface area contributed by atoms with Gasteiger partial charge in [-0.1, -0.05) is 30.0 Å². The number of aromatic nitrogens is 4. The minimum atomic E-state index is 0.0705. The van der Waals surface area contributed by atoms with Crippen molar-refractivity contribution in [3.8, 4) is 0 Å². The third-order valence-corrected chi connectivity index (χ3v) is 4.71. The SMILES string of the molecule is C=C(C)CN(CC)C(=O)CSc1nnnn1Cc1cccs1. The van der Waals surface area contributed by atoms with Gasteiger partial charge in [0.15, 0.2) is 0 Å². The van der Waals surface area contributed by atoms with E-state index in [0.29, 0.717) is 30.5 Å². The van der Waals surface area contributed by atoms with E-state index in [4.69, 9.17) is 0 Å². The van der Waals surface area contributed by atoms with E-state index in [1.807, 2.05) is 31.4 Å². The molecule has 0 bridgehead atoms. The summed E-state index contributed by atoms with van der Waals surface area (Å²) in [5.74, 6) is 0.396. The first-order chi connectivity index (χ1) is 10.6. The summed E-state index contributed by atoms with van der Waals surface area (Å²) in [5, 5.41) is 14.4.